The van der Waals surface area contributed by atoms with E-state index in [1.54, 1.807) is 6.07 Å². The number of hydrogen-bond donors (Lipinski definition) is 2. The molecule has 10 nitrogen and oxygen atoms in total. The van der Waals surface area contributed by atoms with Gasteiger partial charge < -0.3 is 24.8 Å². The van der Waals surface area contributed by atoms with E-state index in [0.717, 1.165) is 6.20 Å². The zero-order chi connectivity index (χ0) is 31.8. The number of alkyl halides is 3. The molecule has 2 aliphatic rings. The molecular formula is C30H33F4N7O3. The van der Waals surface area contributed by atoms with Crippen molar-refractivity contribution in [3.8, 4) is 5.88 Å². The highest BCUT2D eigenvalue weighted by Gasteiger charge is 2.36. The smallest absolute Gasteiger partial charge is 0.417 e. The van der Waals surface area contributed by atoms with Gasteiger partial charge in [0.15, 0.2) is 0 Å². The summed E-state index contributed by atoms with van der Waals surface area (Å²) in [6, 6.07) is 4.97. The third-order valence-electron chi connectivity index (χ3n) is 8.02. The van der Waals surface area contributed by atoms with Crippen molar-refractivity contribution in [2.75, 3.05) is 55.0 Å². The van der Waals surface area contributed by atoms with Crippen molar-refractivity contribution < 1.29 is 27.1 Å². The van der Waals surface area contributed by atoms with Crippen LogP contribution in [0.3, 0.4) is 0 Å². The van der Waals surface area contributed by atoms with E-state index >= 15 is 4.39 Å². The predicted octanol–water partition coefficient (Wildman–Crippen LogP) is 4.41. The summed E-state index contributed by atoms with van der Waals surface area (Å²) in [7, 11) is 1.99. The Morgan fingerprint density at radius 3 is 2.52 bits per heavy atom. The van der Waals surface area contributed by atoms with Crippen LogP contribution in [0.1, 0.15) is 42.3 Å². The molecule has 2 aromatic heterocycles. The van der Waals surface area contributed by atoms with Crippen LogP contribution in [0.25, 0.3) is 5.57 Å². The largest absolute Gasteiger partial charge is 0.478 e. The van der Waals surface area contributed by atoms with E-state index in [-0.39, 0.29) is 29.9 Å². The highest BCUT2D eigenvalue weighted by atomic mass is 19.4. The first-order chi connectivity index (χ1) is 20.8. The summed E-state index contributed by atoms with van der Waals surface area (Å²) in [6.07, 6.45) is -0.997. The highest BCUT2D eigenvalue weighted by molar-refractivity contribution is 6.07. The average Bonchev–Trinajstić information content (AvgIpc) is 3.46. The summed E-state index contributed by atoms with van der Waals surface area (Å²) in [5, 5.41) is 2.59. The summed E-state index contributed by atoms with van der Waals surface area (Å²) < 4.78 is 62.6. The molecular weight excluding hydrogens is 582 g/mol. The Morgan fingerprint density at radius 1 is 1.11 bits per heavy atom. The van der Waals surface area contributed by atoms with Crippen LogP contribution in [0.15, 0.2) is 47.7 Å². The lowest BCUT2D eigenvalue weighted by atomic mass is 10.0. The molecule has 0 spiro atoms. The maximum atomic E-state index is 15.9. The van der Waals surface area contributed by atoms with E-state index in [1.165, 1.54) is 18.5 Å². The first-order valence-electron chi connectivity index (χ1n) is 14.2. The number of amides is 1. The number of rotatable bonds is 7. The van der Waals surface area contributed by atoms with Crippen molar-refractivity contribution in [2.24, 2.45) is 0 Å². The Kier molecular flexibility index (Phi) is 8.64. The van der Waals surface area contributed by atoms with E-state index in [2.05, 4.69) is 25.2 Å². The monoisotopic (exact) mass is 615 g/mol. The standard InChI is InChI=1S/C30H33F4N7O3/c1-5-44-28-11-26(36-16-37-28)40-7-6-19(15-40)20-8-24(25(10-23(20)31)41-13-17(2)39(4)18(3)14-41)38-29(43)21-12-35-27(42)9-22(21)30(32,33)34/h6,8-12,16-18H,5,7,13-15H2,1-4H3,(H,35,42)(H,38,43)/t17-,18+. The molecule has 44 heavy (non-hydrogen) atoms. The SMILES string of the molecule is CCOc1cc(N2CC=C(c3cc(NC(=O)c4c[nH]c(=O)cc4C(F)(F)F)c(N4C[C@@H](C)N(C)[C@@H](C)C4)cc3F)C2)ncn1. The molecule has 234 valence electrons. The first-order valence-corrected chi connectivity index (χ1v) is 14.2. The number of pyridine rings is 1. The van der Waals surface area contributed by atoms with Gasteiger partial charge in [-0.2, -0.15) is 13.2 Å². The van der Waals surface area contributed by atoms with Gasteiger partial charge in [-0.05, 0) is 45.5 Å². The van der Waals surface area contributed by atoms with E-state index in [0.29, 0.717) is 55.3 Å². The van der Waals surface area contributed by atoms with Crippen molar-refractivity contribution in [3.05, 3.63) is 75.7 Å². The fourth-order valence-corrected chi connectivity index (χ4v) is 5.51. The molecule has 14 heteroatoms. The summed E-state index contributed by atoms with van der Waals surface area (Å²) in [4.78, 5) is 41.5. The maximum absolute atomic E-state index is 15.9. The van der Waals surface area contributed by atoms with Crippen molar-refractivity contribution >= 4 is 28.7 Å². The van der Waals surface area contributed by atoms with Crippen LogP contribution in [-0.4, -0.2) is 77.7 Å². The first kappa shape index (κ1) is 31.0. The van der Waals surface area contributed by atoms with E-state index in [9.17, 15) is 22.8 Å². The number of benzene rings is 1. The minimum atomic E-state index is -4.94. The number of ether oxygens (including phenoxy) is 1. The molecule has 0 radical (unpaired) electrons. The molecule has 2 N–H and O–H groups in total. The molecule has 2 atom stereocenters. The van der Waals surface area contributed by atoms with Gasteiger partial charge >= 0.3 is 6.18 Å². The predicted molar refractivity (Wildman–Crippen MR) is 159 cm³/mol. The van der Waals surface area contributed by atoms with Gasteiger partial charge in [0, 0.05) is 62.2 Å². The number of nitrogens with one attached hydrogen (secondary N) is 2. The molecule has 4 heterocycles. The van der Waals surface area contributed by atoms with E-state index in [4.69, 9.17) is 4.74 Å². The van der Waals surface area contributed by atoms with Gasteiger partial charge in [-0.25, -0.2) is 14.4 Å². The lowest BCUT2D eigenvalue weighted by molar-refractivity contribution is -0.138. The summed E-state index contributed by atoms with van der Waals surface area (Å²) in [5.74, 6) is -0.641. The number of carbonyl (C=O) groups is 1. The summed E-state index contributed by atoms with van der Waals surface area (Å²) >= 11 is 0. The second-order valence-corrected chi connectivity index (χ2v) is 11.0. The maximum Gasteiger partial charge on any atom is 0.417 e. The number of likely N-dealkylation sites (N-methyl/N-ethyl adjacent to an activating group) is 1. The second-order valence-electron chi connectivity index (χ2n) is 11.0. The van der Waals surface area contributed by atoms with Gasteiger partial charge in [-0.15, -0.1) is 0 Å². The van der Waals surface area contributed by atoms with E-state index < -0.39 is 34.6 Å². The Hall–Kier alpha value is -4.46. The van der Waals surface area contributed by atoms with Crippen LogP contribution >= 0.6 is 0 Å². The van der Waals surface area contributed by atoms with Crippen molar-refractivity contribution in [1.82, 2.24) is 19.9 Å². The Bertz CT molecular complexity index is 1630. The molecule has 1 fully saturated rings. The molecule has 0 aliphatic carbocycles. The Morgan fingerprint density at radius 2 is 1.84 bits per heavy atom. The number of aromatic amines is 1. The van der Waals surface area contributed by atoms with Crippen LogP contribution in [0, 0.1) is 5.82 Å². The number of nitrogens with zero attached hydrogens (tertiary/aromatic N) is 5. The minimum Gasteiger partial charge on any atom is -0.478 e. The quantitative estimate of drug-likeness (QED) is 0.377. The van der Waals surface area contributed by atoms with Crippen molar-refractivity contribution in [1.29, 1.82) is 0 Å². The van der Waals surface area contributed by atoms with Gasteiger partial charge in [0.1, 0.15) is 18.0 Å². The number of hydrogen-bond acceptors (Lipinski definition) is 8. The second kappa shape index (κ2) is 12.3. The van der Waals surface area contributed by atoms with Gasteiger partial charge in [0.25, 0.3) is 5.91 Å². The molecule has 1 aromatic carbocycles. The molecule has 5 rings (SSSR count). The molecule has 1 saturated heterocycles. The van der Waals surface area contributed by atoms with Crippen LogP contribution in [0.2, 0.25) is 0 Å². The third kappa shape index (κ3) is 6.39. The highest BCUT2D eigenvalue weighted by Crippen LogP contribution is 2.37. The topological polar surface area (TPSA) is 107 Å². The number of piperazine rings is 1. The lowest BCUT2D eigenvalue weighted by Crippen LogP contribution is -2.55. The van der Waals surface area contributed by atoms with Crippen LogP contribution in [0.5, 0.6) is 5.88 Å². The van der Waals surface area contributed by atoms with E-state index in [1.807, 2.05) is 43.7 Å². The average molecular weight is 616 g/mol. The van der Waals surface area contributed by atoms with Crippen LogP contribution < -0.4 is 25.4 Å². The Balaban J connectivity index is 1.51. The normalized spacial score (nSPS) is 19.2. The third-order valence-corrected chi connectivity index (χ3v) is 8.02. The molecule has 0 bridgehead atoms. The molecule has 0 unspecified atom stereocenters. The number of anilines is 3. The number of aromatic nitrogens is 3. The van der Waals surface area contributed by atoms with Gasteiger partial charge in [0.2, 0.25) is 11.4 Å². The minimum absolute atomic E-state index is 0.0848. The van der Waals surface area contributed by atoms with Gasteiger partial charge in [-0.3, -0.25) is 14.5 Å². The fraction of sp³-hybridized carbons (Fsp3) is 0.400. The number of halogens is 4. The van der Waals surface area contributed by atoms with Gasteiger partial charge in [0.05, 0.1) is 29.1 Å². The summed E-state index contributed by atoms with van der Waals surface area (Å²) in [5.41, 5.74) is -1.82. The van der Waals surface area contributed by atoms with Crippen molar-refractivity contribution in [3.63, 3.8) is 0 Å². The molecule has 0 saturated carbocycles. The van der Waals surface area contributed by atoms with Crippen molar-refractivity contribution in [2.45, 2.75) is 39.0 Å². The van der Waals surface area contributed by atoms with Crippen LogP contribution in [0.4, 0.5) is 34.8 Å². The summed E-state index contributed by atoms with van der Waals surface area (Å²) in [6.45, 7) is 8.01. The number of carbonyl (C=O) groups excluding carboxylic acids is 1. The molecule has 3 aromatic rings. The fourth-order valence-electron chi connectivity index (χ4n) is 5.51. The number of H-pyrrole nitrogens is 1. The molecule has 1 amide bonds. The Labute approximate surface area is 251 Å². The van der Waals surface area contributed by atoms with Gasteiger partial charge in [-0.1, -0.05) is 6.08 Å². The zero-order valence-corrected chi connectivity index (χ0v) is 24.7. The zero-order valence-electron chi connectivity index (χ0n) is 24.7. The lowest BCUT2D eigenvalue weighted by Gasteiger charge is -2.44. The molecule has 2 aliphatic heterocycles. The van der Waals surface area contributed by atoms with Crippen LogP contribution in [-0.2, 0) is 6.18 Å².